The van der Waals surface area contributed by atoms with Crippen molar-refractivity contribution in [3.63, 3.8) is 0 Å². The topological polar surface area (TPSA) is 112 Å². The van der Waals surface area contributed by atoms with Crippen LogP contribution in [0.4, 0.5) is 4.79 Å². The van der Waals surface area contributed by atoms with Gasteiger partial charge in [-0.3, -0.25) is 4.79 Å². The molecule has 0 bridgehead atoms. The molecule has 2 heterocycles. The van der Waals surface area contributed by atoms with Crippen LogP contribution in [-0.4, -0.2) is 50.6 Å². The summed E-state index contributed by atoms with van der Waals surface area (Å²) >= 11 is 0. The fraction of sp³-hybridized carbons (Fsp3) is 0.500. The molecular weight excluding hydrogens is 386 g/mol. The van der Waals surface area contributed by atoms with Gasteiger partial charge >= 0.3 is 12.1 Å². The lowest BCUT2D eigenvalue weighted by molar-refractivity contribution is -0.152. The van der Waals surface area contributed by atoms with Crippen LogP contribution < -0.4 is 5.32 Å². The number of carbonyl (C=O) groups is 3. The molecule has 2 aromatic rings. The van der Waals surface area contributed by atoms with Crippen molar-refractivity contribution in [2.45, 2.75) is 65.3 Å². The Morgan fingerprint density at radius 2 is 1.90 bits per heavy atom. The molecule has 8 nitrogen and oxygen atoms in total. The number of rotatable bonds is 4. The lowest BCUT2D eigenvalue weighted by Crippen LogP contribution is -2.57. The minimum Gasteiger partial charge on any atom is -0.480 e. The zero-order chi connectivity index (χ0) is 22.2. The van der Waals surface area contributed by atoms with Crippen LogP contribution in [0.15, 0.2) is 24.3 Å². The maximum atomic E-state index is 13.4. The second-order valence-corrected chi connectivity index (χ2v) is 9.02. The Balaban J connectivity index is 1.89. The quantitative estimate of drug-likeness (QED) is 0.711. The van der Waals surface area contributed by atoms with Gasteiger partial charge in [-0.25, -0.2) is 9.59 Å². The average molecular weight is 415 g/mol. The number of carbonyl (C=O) groups excluding carboxylic acids is 2. The largest absolute Gasteiger partial charge is 0.480 e. The number of para-hydroxylation sites is 1. The highest BCUT2D eigenvalue weighted by molar-refractivity contribution is 5.92. The Morgan fingerprint density at radius 3 is 2.50 bits per heavy atom. The second kappa shape index (κ2) is 8.01. The van der Waals surface area contributed by atoms with Crippen molar-refractivity contribution >= 4 is 28.9 Å². The molecule has 162 valence electrons. The number of carboxylic acids is 1. The summed E-state index contributed by atoms with van der Waals surface area (Å²) in [7, 11) is 0. The summed E-state index contributed by atoms with van der Waals surface area (Å²) in [5, 5.41) is 13.4. The third-order valence-corrected chi connectivity index (χ3v) is 5.18. The third kappa shape index (κ3) is 4.42. The van der Waals surface area contributed by atoms with Crippen LogP contribution in [0, 0.1) is 5.92 Å². The highest BCUT2D eigenvalue weighted by atomic mass is 16.6. The molecule has 0 unspecified atom stereocenters. The Morgan fingerprint density at radius 1 is 1.23 bits per heavy atom. The number of nitrogens with zero attached hydrogens (tertiary/aromatic N) is 1. The molecule has 2 amide bonds. The minimum absolute atomic E-state index is 0.138. The van der Waals surface area contributed by atoms with Crippen LogP contribution >= 0.6 is 0 Å². The molecule has 30 heavy (non-hydrogen) atoms. The number of alkyl carbamates (subject to hydrolysis) is 1. The minimum atomic E-state index is -1.07. The van der Waals surface area contributed by atoms with E-state index in [9.17, 15) is 19.5 Å². The van der Waals surface area contributed by atoms with Crippen LogP contribution in [0.5, 0.6) is 0 Å². The zero-order valence-electron chi connectivity index (χ0n) is 18.0. The molecule has 3 N–H and O–H groups in total. The van der Waals surface area contributed by atoms with Gasteiger partial charge in [0.15, 0.2) is 0 Å². The molecule has 0 aliphatic carbocycles. The van der Waals surface area contributed by atoms with Crippen LogP contribution in [0.3, 0.4) is 0 Å². The standard InChI is InChI=1S/C22H29N3O5/c1-12(2)18(24-21(29)30-22(3,4)5)19(26)25-11-16-14(10-17(25)20(27)28)13-8-6-7-9-15(13)23-16/h6-9,12,17-18,23H,10-11H2,1-5H3,(H,24,29)(H,27,28)/t17-,18-/m0/s1. The van der Waals surface area contributed by atoms with Crippen molar-refractivity contribution in [1.82, 2.24) is 15.2 Å². The number of aromatic amines is 1. The molecule has 0 saturated heterocycles. The highest BCUT2D eigenvalue weighted by Crippen LogP contribution is 2.31. The number of H-pyrrole nitrogens is 1. The van der Waals surface area contributed by atoms with Crippen molar-refractivity contribution in [3.8, 4) is 0 Å². The smallest absolute Gasteiger partial charge is 0.408 e. The van der Waals surface area contributed by atoms with Gasteiger partial charge in [0.05, 0.1) is 6.54 Å². The maximum absolute atomic E-state index is 13.4. The van der Waals surface area contributed by atoms with Gasteiger partial charge in [0.1, 0.15) is 17.7 Å². The Bertz CT molecular complexity index is 973. The average Bonchev–Trinajstić information content (AvgIpc) is 3.00. The first-order valence-corrected chi connectivity index (χ1v) is 10.1. The van der Waals surface area contributed by atoms with Gasteiger partial charge in [-0.2, -0.15) is 0 Å². The summed E-state index contributed by atoms with van der Waals surface area (Å²) in [4.78, 5) is 42.3. The van der Waals surface area contributed by atoms with Gasteiger partial charge < -0.3 is 25.0 Å². The van der Waals surface area contributed by atoms with Crippen LogP contribution in [-0.2, 0) is 27.3 Å². The number of hydrogen-bond acceptors (Lipinski definition) is 4. The fourth-order valence-electron chi connectivity index (χ4n) is 3.79. The predicted octanol–water partition coefficient (Wildman–Crippen LogP) is 3.06. The van der Waals surface area contributed by atoms with E-state index < -0.39 is 35.7 Å². The number of nitrogens with one attached hydrogen (secondary N) is 2. The highest BCUT2D eigenvalue weighted by Gasteiger charge is 2.40. The van der Waals surface area contributed by atoms with Crippen molar-refractivity contribution in [2.24, 2.45) is 5.92 Å². The SMILES string of the molecule is CC(C)[C@H](NC(=O)OC(C)(C)C)C(=O)N1Cc2[nH]c3ccccc3c2C[C@H]1C(=O)O. The summed E-state index contributed by atoms with van der Waals surface area (Å²) < 4.78 is 5.28. The fourth-order valence-corrected chi connectivity index (χ4v) is 3.79. The first-order chi connectivity index (χ1) is 14.0. The lowest BCUT2D eigenvalue weighted by Gasteiger charge is -2.36. The van der Waals surface area contributed by atoms with E-state index in [2.05, 4.69) is 10.3 Å². The van der Waals surface area contributed by atoms with E-state index in [1.807, 2.05) is 24.3 Å². The normalized spacial score (nSPS) is 17.5. The number of benzene rings is 1. The predicted molar refractivity (Wildman–Crippen MR) is 112 cm³/mol. The first-order valence-electron chi connectivity index (χ1n) is 10.1. The number of amides is 2. The van der Waals surface area contributed by atoms with Gasteiger partial charge in [-0.1, -0.05) is 32.0 Å². The Labute approximate surface area is 175 Å². The Hall–Kier alpha value is -3.03. The number of aliphatic carboxylic acids is 1. The number of ether oxygens (including phenoxy) is 1. The molecule has 1 aromatic heterocycles. The third-order valence-electron chi connectivity index (χ3n) is 5.18. The molecule has 2 atom stereocenters. The van der Waals surface area contributed by atoms with Crippen molar-refractivity contribution in [2.75, 3.05) is 0 Å². The van der Waals surface area contributed by atoms with E-state index in [4.69, 9.17) is 4.74 Å². The van der Waals surface area contributed by atoms with Crippen molar-refractivity contribution in [3.05, 3.63) is 35.5 Å². The van der Waals surface area contributed by atoms with Crippen LogP contribution in [0.25, 0.3) is 10.9 Å². The molecule has 0 fully saturated rings. The van der Waals surface area contributed by atoms with Crippen LogP contribution in [0.1, 0.15) is 45.9 Å². The van der Waals surface area contributed by atoms with Gasteiger partial charge in [0, 0.05) is 23.0 Å². The monoisotopic (exact) mass is 415 g/mol. The molecule has 3 rings (SSSR count). The van der Waals surface area contributed by atoms with E-state index in [1.54, 1.807) is 34.6 Å². The van der Waals surface area contributed by atoms with Gasteiger partial charge in [-0.05, 0) is 38.3 Å². The van der Waals surface area contributed by atoms with Gasteiger partial charge in [-0.15, -0.1) is 0 Å². The van der Waals surface area contributed by atoms with Gasteiger partial charge in [0.2, 0.25) is 5.91 Å². The van der Waals surface area contributed by atoms with Crippen molar-refractivity contribution in [1.29, 1.82) is 0 Å². The molecular formula is C22H29N3O5. The molecule has 0 spiro atoms. The Kier molecular flexibility index (Phi) is 5.78. The zero-order valence-corrected chi connectivity index (χ0v) is 18.0. The van der Waals surface area contributed by atoms with Crippen molar-refractivity contribution < 1.29 is 24.2 Å². The summed E-state index contributed by atoms with van der Waals surface area (Å²) in [5.41, 5.74) is 1.95. The van der Waals surface area contributed by atoms with Gasteiger partial charge in [0.25, 0.3) is 0 Å². The lowest BCUT2D eigenvalue weighted by atomic mass is 9.94. The van der Waals surface area contributed by atoms with Crippen LogP contribution in [0.2, 0.25) is 0 Å². The van der Waals surface area contributed by atoms with E-state index in [0.717, 1.165) is 22.2 Å². The summed E-state index contributed by atoms with van der Waals surface area (Å²) in [6, 6.07) is 5.78. The van der Waals surface area contributed by atoms with E-state index in [1.165, 1.54) is 4.90 Å². The summed E-state index contributed by atoms with van der Waals surface area (Å²) in [5.74, 6) is -1.75. The number of fused-ring (bicyclic) bond motifs is 3. The number of aromatic nitrogens is 1. The van der Waals surface area contributed by atoms with E-state index in [0.29, 0.717) is 0 Å². The molecule has 1 aliphatic heterocycles. The molecule has 8 heteroatoms. The maximum Gasteiger partial charge on any atom is 0.408 e. The molecule has 1 aliphatic rings. The first kappa shape index (κ1) is 21.7. The number of carboxylic acid groups (broad SMARTS) is 1. The number of hydrogen-bond donors (Lipinski definition) is 3. The van der Waals surface area contributed by atoms with E-state index >= 15 is 0 Å². The van der Waals surface area contributed by atoms with E-state index in [-0.39, 0.29) is 18.9 Å². The molecule has 0 radical (unpaired) electrons. The molecule has 0 saturated carbocycles. The summed E-state index contributed by atoms with van der Waals surface area (Å²) in [6.07, 6.45) is -0.498. The summed E-state index contributed by atoms with van der Waals surface area (Å²) in [6.45, 7) is 8.95. The molecule has 1 aromatic carbocycles. The second-order valence-electron chi connectivity index (χ2n) is 9.02.